The topological polar surface area (TPSA) is 112 Å². The van der Waals surface area contributed by atoms with Gasteiger partial charge in [0.2, 0.25) is 0 Å². The zero-order valence-corrected chi connectivity index (χ0v) is 29.7. The molecule has 6 aromatic carbocycles. The van der Waals surface area contributed by atoms with Crippen molar-refractivity contribution in [3.05, 3.63) is 182 Å². The molecule has 1 aliphatic heterocycles. The Bertz CT molecular complexity index is 1990. The predicted octanol–water partition coefficient (Wildman–Crippen LogP) is 11.3. The Morgan fingerprint density at radius 3 is 1.27 bits per heavy atom. The van der Waals surface area contributed by atoms with Crippen LogP contribution in [0.4, 0.5) is 4.79 Å². The summed E-state index contributed by atoms with van der Waals surface area (Å²) in [6.45, 7) is 0. The molecular weight excluding hydrogens is 707 g/mol. The van der Waals surface area contributed by atoms with E-state index in [1.165, 1.54) is 4.60 Å². The summed E-state index contributed by atoms with van der Waals surface area (Å²) in [5.74, 6) is 2.05. The number of para-hydroxylation sites is 6. The summed E-state index contributed by atoms with van der Waals surface area (Å²) in [5.41, 5.74) is 0. The average Bonchev–Trinajstić information content (AvgIpc) is 3.15. The van der Waals surface area contributed by atoms with Crippen LogP contribution in [0.2, 0.25) is 0 Å². The molecule has 7 rings (SSSR count). The van der Waals surface area contributed by atoms with Crippen molar-refractivity contribution in [2.75, 3.05) is 0 Å². The molecule has 0 spiro atoms. The van der Waals surface area contributed by atoms with Gasteiger partial charge in [0, 0.05) is 0 Å². The fourth-order valence-corrected chi connectivity index (χ4v) is 14.6. The SMILES string of the molecule is O=C(O)N1P(Oc2ccccc2)N(Oc2ccccc2)[PH](Oc2ccccc2)(Oc2ccccc2)N=P1(Oc1ccccc1)Oc1ccccc1. The Labute approximate surface area is 296 Å². The minimum atomic E-state index is -4.59. The van der Waals surface area contributed by atoms with Crippen LogP contribution in [0.1, 0.15) is 0 Å². The molecule has 0 saturated heterocycles. The van der Waals surface area contributed by atoms with Crippen molar-refractivity contribution in [3.63, 3.8) is 0 Å². The van der Waals surface area contributed by atoms with E-state index >= 15 is 0 Å². The number of benzene rings is 6. The summed E-state index contributed by atoms with van der Waals surface area (Å²) in [6.07, 6.45) is -1.44. The van der Waals surface area contributed by atoms with Gasteiger partial charge in [-0.15, -0.1) is 0 Å². The number of hydrogen-bond acceptors (Lipinski definition) is 9. The first-order valence-electron chi connectivity index (χ1n) is 15.7. The zero-order valence-electron chi connectivity index (χ0n) is 26.9. The van der Waals surface area contributed by atoms with E-state index in [0.29, 0.717) is 34.5 Å². The summed E-state index contributed by atoms with van der Waals surface area (Å²) in [7, 11) is -11.5. The third-order valence-electron chi connectivity index (χ3n) is 7.01. The van der Waals surface area contributed by atoms with E-state index in [1.807, 2.05) is 36.4 Å². The normalized spacial score (nSPS) is 16.8. The van der Waals surface area contributed by atoms with Crippen molar-refractivity contribution >= 4 is 30.2 Å². The van der Waals surface area contributed by atoms with Crippen LogP contribution in [-0.2, 0) is 0 Å². The predicted molar refractivity (Wildman–Crippen MR) is 199 cm³/mol. The van der Waals surface area contributed by atoms with Crippen molar-refractivity contribution in [1.82, 2.24) is 9.05 Å². The van der Waals surface area contributed by atoms with Crippen molar-refractivity contribution in [2.24, 2.45) is 4.52 Å². The number of rotatable bonds is 12. The third-order valence-corrected chi connectivity index (χ3v) is 15.8. The molecule has 1 heterocycles. The molecule has 51 heavy (non-hydrogen) atoms. The van der Waals surface area contributed by atoms with Gasteiger partial charge >= 0.3 is 298 Å². The number of carboxylic acid groups (broad SMARTS) is 1. The van der Waals surface area contributed by atoms with Crippen LogP contribution >= 0.6 is 24.1 Å². The molecule has 14 heteroatoms. The molecule has 0 radical (unpaired) electrons. The van der Waals surface area contributed by atoms with Gasteiger partial charge in [-0.3, -0.25) is 0 Å². The van der Waals surface area contributed by atoms with Gasteiger partial charge in [0.25, 0.3) is 0 Å². The zero-order chi connectivity index (χ0) is 34.9. The van der Waals surface area contributed by atoms with E-state index < -0.39 is 30.2 Å². The van der Waals surface area contributed by atoms with E-state index in [2.05, 4.69) is 0 Å². The fraction of sp³-hybridized carbons (Fsp3) is 0. The number of nitrogens with zero attached hydrogens (tertiary/aromatic N) is 3. The molecular formula is C37H32N3O8P3. The van der Waals surface area contributed by atoms with Crippen molar-refractivity contribution in [1.29, 1.82) is 0 Å². The van der Waals surface area contributed by atoms with E-state index in [-0.39, 0.29) is 0 Å². The number of hydrogen-bond donors (Lipinski definition) is 1. The second kappa shape index (κ2) is 15.5. The van der Waals surface area contributed by atoms with E-state index in [0.717, 1.165) is 4.44 Å². The Morgan fingerprint density at radius 2 is 0.882 bits per heavy atom. The monoisotopic (exact) mass is 739 g/mol. The van der Waals surface area contributed by atoms with Gasteiger partial charge in [-0.25, -0.2) is 0 Å². The molecule has 258 valence electrons. The first-order chi connectivity index (χ1) is 25.0. The van der Waals surface area contributed by atoms with Crippen molar-refractivity contribution < 1.29 is 37.4 Å². The maximum atomic E-state index is 13.8. The van der Waals surface area contributed by atoms with E-state index in [9.17, 15) is 9.90 Å². The van der Waals surface area contributed by atoms with Gasteiger partial charge in [0.15, 0.2) is 0 Å². The van der Waals surface area contributed by atoms with Gasteiger partial charge in [-0.2, -0.15) is 0 Å². The quantitative estimate of drug-likeness (QED) is 0.123. The standard InChI is InChI=1S/C37H32N3O8P3/c41-37(42)39-49(44-32-21-9-2-10-22-32)40(43-31-19-7-1-8-20-31)51(47-35-27-15-5-16-28-35,48-36-29-17-6-18-30-36)38-50(39,45-33-23-11-3-12-24-33)46-34-25-13-4-14-26-34/h1-30,51H,(H,41,42). The van der Waals surface area contributed by atoms with E-state index in [4.69, 9.17) is 32.0 Å². The molecule has 1 N–H and O–H groups in total. The Kier molecular flexibility index (Phi) is 10.3. The second-order valence-corrected chi connectivity index (χ2v) is 17.3. The molecule has 0 aliphatic carbocycles. The van der Waals surface area contributed by atoms with Crippen LogP contribution in [0.3, 0.4) is 0 Å². The first-order valence-corrected chi connectivity index (χ1v) is 20.1. The van der Waals surface area contributed by atoms with Crippen molar-refractivity contribution in [2.45, 2.75) is 0 Å². The maximum absolute atomic E-state index is 13.8. The van der Waals surface area contributed by atoms with Crippen LogP contribution in [0.15, 0.2) is 187 Å². The fourth-order valence-electron chi connectivity index (χ4n) is 4.83. The van der Waals surface area contributed by atoms with Gasteiger partial charge in [0.05, 0.1) is 0 Å². The Balaban J connectivity index is 1.56. The molecule has 11 nitrogen and oxygen atoms in total. The summed E-state index contributed by atoms with van der Waals surface area (Å²) >= 11 is 0. The summed E-state index contributed by atoms with van der Waals surface area (Å²) in [6, 6.07) is 53.1. The van der Waals surface area contributed by atoms with Crippen LogP contribution < -0.4 is 27.5 Å². The van der Waals surface area contributed by atoms with Gasteiger partial charge < -0.3 is 0 Å². The van der Waals surface area contributed by atoms with Gasteiger partial charge in [-0.1, -0.05) is 0 Å². The molecule has 6 aromatic rings. The minimum absolute atomic E-state index is 0.297. The Hall–Kier alpha value is -5.56. The summed E-state index contributed by atoms with van der Waals surface area (Å²) in [5, 5.41) is 11.2. The molecule has 1 amide bonds. The summed E-state index contributed by atoms with van der Waals surface area (Å²) in [4.78, 5) is 20.4. The van der Waals surface area contributed by atoms with E-state index in [1.54, 1.807) is 146 Å². The number of carbonyl (C=O) groups is 1. The van der Waals surface area contributed by atoms with Gasteiger partial charge in [0.1, 0.15) is 0 Å². The molecule has 1 aliphatic rings. The van der Waals surface area contributed by atoms with Crippen LogP contribution in [0.25, 0.3) is 0 Å². The molecule has 0 fully saturated rings. The Morgan fingerprint density at radius 1 is 0.529 bits per heavy atom. The van der Waals surface area contributed by atoms with Crippen LogP contribution in [0, 0.1) is 0 Å². The molecule has 0 saturated carbocycles. The van der Waals surface area contributed by atoms with Crippen molar-refractivity contribution in [3.8, 4) is 34.5 Å². The van der Waals surface area contributed by atoms with Crippen LogP contribution in [-0.4, -0.2) is 20.2 Å². The molecule has 0 bridgehead atoms. The molecule has 1 atom stereocenters. The third kappa shape index (κ3) is 7.93. The molecule has 1 unspecified atom stereocenters. The van der Waals surface area contributed by atoms with Gasteiger partial charge in [-0.05, 0) is 0 Å². The second-order valence-electron chi connectivity index (χ2n) is 10.7. The first kappa shape index (κ1) is 33.9. The average molecular weight is 740 g/mol. The molecule has 0 aromatic heterocycles. The van der Waals surface area contributed by atoms with Crippen LogP contribution in [0.5, 0.6) is 34.5 Å². The number of amides is 1. The summed E-state index contributed by atoms with van der Waals surface area (Å²) < 4.78 is 41.4.